The van der Waals surface area contributed by atoms with Gasteiger partial charge < -0.3 is 9.21 Å². The van der Waals surface area contributed by atoms with Gasteiger partial charge in [0.1, 0.15) is 12.0 Å². The molecule has 0 amide bonds. The van der Waals surface area contributed by atoms with Crippen LogP contribution in [-0.4, -0.2) is 6.29 Å². The van der Waals surface area contributed by atoms with Crippen LogP contribution in [0.25, 0.3) is 0 Å². The fourth-order valence-electron chi connectivity index (χ4n) is 2.01. The molecule has 1 atom stereocenters. The highest BCUT2D eigenvalue weighted by atomic mass is 16.3. The fraction of sp³-hybridized carbons (Fsp3) is 0.545. The summed E-state index contributed by atoms with van der Waals surface area (Å²) in [6.45, 7) is 4.26. The van der Waals surface area contributed by atoms with Crippen molar-refractivity contribution in [3.63, 3.8) is 0 Å². The summed E-state index contributed by atoms with van der Waals surface area (Å²) in [4.78, 5) is 11.0. The number of rotatable bonds is 3. The summed E-state index contributed by atoms with van der Waals surface area (Å²) < 4.78 is 5.25. The Kier molecular flexibility index (Phi) is 1.62. The van der Waals surface area contributed by atoms with E-state index >= 15 is 0 Å². The Hall–Kier alpha value is -1.05. The van der Waals surface area contributed by atoms with Gasteiger partial charge in [0.15, 0.2) is 0 Å². The molecule has 1 aromatic rings. The van der Waals surface area contributed by atoms with E-state index in [1.54, 1.807) is 6.26 Å². The number of hydrogen-bond acceptors (Lipinski definition) is 2. The highest BCUT2D eigenvalue weighted by molar-refractivity contribution is 5.67. The average Bonchev–Trinajstić information content (AvgIpc) is 2.52. The van der Waals surface area contributed by atoms with Gasteiger partial charge in [0.25, 0.3) is 0 Å². The van der Waals surface area contributed by atoms with Crippen molar-refractivity contribution in [3.8, 4) is 0 Å². The predicted molar refractivity (Wildman–Crippen MR) is 49.3 cm³/mol. The highest BCUT2D eigenvalue weighted by Gasteiger charge is 2.61. The summed E-state index contributed by atoms with van der Waals surface area (Å²) in [6, 6.07) is 3.79. The molecule has 2 heteroatoms. The Morgan fingerprint density at radius 2 is 2.31 bits per heavy atom. The smallest absolute Gasteiger partial charge is 0.127 e. The number of carbonyl (C=O) groups is 1. The maximum atomic E-state index is 11.0. The van der Waals surface area contributed by atoms with E-state index in [2.05, 4.69) is 13.8 Å². The molecule has 0 saturated heterocycles. The van der Waals surface area contributed by atoms with Crippen LogP contribution < -0.4 is 0 Å². The quantitative estimate of drug-likeness (QED) is 0.665. The lowest BCUT2D eigenvalue weighted by atomic mass is 9.93. The van der Waals surface area contributed by atoms with E-state index in [9.17, 15) is 4.79 Å². The van der Waals surface area contributed by atoms with Crippen LogP contribution in [0.4, 0.5) is 0 Å². The van der Waals surface area contributed by atoms with E-state index in [0.29, 0.717) is 0 Å². The minimum atomic E-state index is -0.162. The molecular weight excluding hydrogens is 164 g/mol. The van der Waals surface area contributed by atoms with Crippen molar-refractivity contribution in [2.75, 3.05) is 0 Å². The molecule has 1 aliphatic rings. The summed E-state index contributed by atoms with van der Waals surface area (Å²) in [7, 11) is 0. The van der Waals surface area contributed by atoms with E-state index in [4.69, 9.17) is 4.42 Å². The lowest BCUT2D eigenvalue weighted by molar-refractivity contribution is -0.113. The van der Waals surface area contributed by atoms with Gasteiger partial charge in [-0.05, 0) is 24.0 Å². The van der Waals surface area contributed by atoms with Gasteiger partial charge in [-0.3, -0.25) is 0 Å². The first-order chi connectivity index (χ1) is 6.10. The van der Waals surface area contributed by atoms with Gasteiger partial charge in [0, 0.05) is 11.8 Å². The molecule has 1 heterocycles. The van der Waals surface area contributed by atoms with E-state index in [1.807, 2.05) is 12.1 Å². The Bertz CT molecular complexity index is 311. The summed E-state index contributed by atoms with van der Waals surface area (Å²) in [5.74, 6) is 0.915. The Morgan fingerprint density at radius 3 is 2.69 bits per heavy atom. The van der Waals surface area contributed by atoms with Crippen LogP contribution in [0.5, 0.6) is 0 Å². The Labute approximate surface area is 77.9 Å². The minimum Gasteiger partial charge on any atom is -0.469 e. The molecule has 13 heavy (non-hydrogen) atoms. The number of hydrogen-bond donors (Lipinski definition) is 0. The van der Waals surface area contributed by atoms with E-state index in [-0.39, 0.29) is 10.8 Å². The second-order valence-electron chi connectivity index (χ2n) is 4.59. The van der Waals surface area contributed by atoms with Gasteiger partial charge in [-0.2, -0.15) is 0 Å². The van der Waals surface area contributed by atoms with Crippen molar-refractivity contribution >= 4 is 6.29 Å². The maximum absolute atomic E-state index is 11.0. The maximum Gasteiger partial charge on any atom is 0.127 e. The van der Waals surface area contributed by atoms with Crippen LogP contribution in [0.2, 0.25) is 0 Å². The number of furan rings is 1. The fourth-order valence-corrected chi connectivity index (χ4v) is 2.01. The molecule has 0 radical (unpaired) electrons. The molecule has 1 aromatic heterocycles. The molecule has 0 aliphatic heterocycles. The summed E-state index contributed by atoms with van der Waals surface area (Å²) >= 11 is 0. The Morgan fingerprint density at radius 1 is 1.62 bits per heavy atom. The second kappa shape index (κ2) is 2.47. The SMILES string of the molecule is CC1(C)CC1(C=O)Cc1ccco1. The molecule has 0 N–H and O–H groups in total. The number of carbonyl (C=O) groups excluding carboxylic acids is 1. The summed E-state index contributed by atoms with van der Waals surface area (Å²) in [5.41, 5.74) is -0.00755. The van der Waals surface area contributed by atoms with Gasteiger partial charge in [0.2, 0.25) is 0 Å². The van der Waals surface area contributed by atoms with E-state index in [1.165, 1.54) is 0 Å². The minimum absolute atomic E-state index is 0.154. The monoisotopic (exact) mass is 178 g/mol. The van der Waals surface area contributed by atoms with Crippen LogP contribution in [-0.2, 0) is 11.2 Å². The zero-order valence-corrected chi connectivity index (χ0v) is 8.04. The zero-order chi connectivity index (χ0) is 9.53. The van der Waals surface area contributed by atoms with Crippen molar-refractivity contribution in [3.05, 3.63) is 24.2 Å². The third-order valence-corrected chi connectivity index (χ3v) is 3.28. The van der Waals surface area contributed by atoms with Crippen LogP contribution in [0, 0.1) is 10.8 Å². The highest BCUT2D eigenvalue weighted by Crippen LogP contribution is 2.63. The third kappa shape index (κ3) is 1.21. The van der Waals surface area contributed by atoms with Crippen LogP contribution >= 0.6 is 0 Å². The summed E-state index contributed by atoms with van der Waals surface area (Å²) in [6.07, 6.45) is 4.47. The van der Waals surface area contributed by atoms with Crippen molar-refractivity contribution in [2.45, 2.75) is 26.7 Å². The second-order valence-corrected chi connectivity index (χ2v) is 4.59. The molecule has 0 bridgehead atoms. The first-order valence-electron chi connectivity index (χ1n) is 4.58. The molecule has 1 unspecified atom stereocenters. The molecule has 0 spiro atoms. The Balaban J connectivity index is 2.14. The molecule has 1 saturated carbocycles. The molecule has 70 valence electrons. The van der Waals surface area contributed by atoms with Crippen LogP contribution in [0.1, 0.15) is 26.0 Å². The molecule has 1 aliphatic carbocycles. The average molecular weight is 178 g/mol. The predicted octanol–water partition coefficient (Wildman–Crippen LogP) is 2.44. The molecular formula is C11H14O2. The van der Waals surface area contributed by atoms with Crippen LogP contribution in [0.15, 0.2) is 22.8 Å². The normalized spacial score (nSPS) is 30.0. The molecule has 2 rings (SSSR count). The van der Waals surface area contributed by atoms with Crippen molar-refractivity contribution in [1.29, 1.82) is 0 Å². The van der Waals surface area contributed by atoms with E-state index in [0.717, 1.165) is 24.9 Å². The van der Waals surface area contributed by atoms with Gasteiger partial charge in [-0.15, -0.1) is 0 Å². The molecule has 1 fully saturated rings. The van der Waals surface area contributed by atoms with Gasteiger partial charge >= 0.3 is 0 Å². The zero-order valence-electron chi connectivity index (χ0n) is 8.04. The first kappa shape index (κ1) is 8.54. The third-order valence-electron chi connectivity index (χ3n) is 3.28. The van der Waals surface area contributed by atoms with Crippen molar-refractivity contribution in [1.82, 2.24) is 0 Å². The topological polar surface area (TPSA) is 30.2 Å². The summed E-state index contributed by atoms with van der Waals surface area (Å²) in [5, 5.41) is 0. The first-order valence-corrected chi connectivity index (χ1v) is 4.58. The van der Waals surface area contributed by atoms with Crippen molar-refractivity contribution < 1.29 is 9.21 Å². The van der Waals surface area contributed by atoms with Gasteiger partial charge in [-0.1, -0.05) is 13.8 Å². The molecule has 2 nitrogen and oxygen atoms in total. The lowest BCUT2D eigenvalue weighted by Gasteiger charge is -2.10. The molecule has 0 aromatic carbocycles. The lowest BCUT2D eigenvalue weighted by Crippen LogP contribution is -2.13. The number of aldehydes is 1. The van der Waals surface area contributed by atoms with Crippen molar-refractivity contribution in [2.24, 2.45) is 10.8 Å². The van der Waals surface area contributed by atoms with E-state index < -0.39 is 0 Å². The largest absolute Gasteiger partial charge is 0.469 e. The van der Waals surface area contributed by atoms with Gasteiger partial charge in [-0.25, -0.2) is 0 Å². The standard InChI is InChI=1S/C11H14O2/c1-10(2)7-11(10,8-12)6-9-4-3-5-13-9/h3-5,8H,6-7H2,1-2H3. The van der Waals surface area contributed by atoms with Gasteiger partial charge in [0.05, 0.1) is 6.26 Å². The van der Waals surface area contributed by atoms with Crippen LogP contribution in [0.3, 0.4) is 0 Å².